The van der Waals surface area contributed by atoms with E-state index in [4.69, 9.17) is 9.47 Å². The Bertz CT molecular complexity index is 792. The number of nitrogens with one attached hydrogen (secondary N) is 1. The molecule has 10 heteroatoms. The van der Waals surface area contributed by atoms with Crippen LogP contribution in [0.25, 0.3) is 0 Å². The zero-order valence-electron chi connectivity index (χ0n) is 14.5. The Morgan fingerprint density at radius 1 is 1.08 bits per heavy atom. The first-order chi connectivity index (χ1) is 12.0. The summed E-state index contributed by atoms with van der Waals surface area (Å²) in [4.78, 5) is 27.9. The summed E-state index contributed by atoms with van der Waals surface area (Å²) in [6.45, 7) is 3.96. The number of rotatable bonds is 7. The van der Waals surface area contributed by atoms with Gasteiger partial charge in [0.05, 0.1) is 19.6 Å². The van der Waals surface area contributed by atoms with Crippen LogP contribution < -0.4 is 5.32 Å². The highest BCUT2D eigenvalue weighted by atomic mass is 16.5. The SMILES string of the molecule is CCOC(=O)c1cn(C)nc1N=CNc1nn(C)cc1C(=O)OCC. The van der Waals surface area contributed by atoms with Crippen LogP contribution in [-0.4, -0.2) is 51.1 Å². The molecule has 0 spiro atoms. The Morgan fingerprint density at radius 2 is 1.64 bits per heavy atom. The summed E-state index contributed by atoms with van der Waals surface area (Å²) in [5, 5.41) is 11.0. The number of ether oxygens (including phenoxy) is 2. The summed E-state index contributed by atoms with van der Waals surface area (Å²) in [5.41, 5.74) is 0.525. The van der Waals surface area contributed by atoms with E-state index in [0.717, 1.165) is 0 Å². The van der Waals surface area contributed by atoms with Gasteiger partial charge in [0.15, 0.2) is 11.6 Å². The predicted molar refractivity (Wildman–Crippen MR) is 90.1 cm³/mol. The number of aryl methyl sites for hydroxylation is 2. The summed E-state index contributed by atoms with van der Waals surface area (Å²) in [7, 11) is 3.36. The van der Waals surface area contributed by atoms with Crippen molar-refractivity contribution in [2.45, 2.75) is 13.8 Å². The van der Waals surface area contributed by atoms with E-state index in [1.807, 2.05) is 0 Å². The largest absolute Gasteiger partial charge is 0.462 e. The van der Waals surface area contributed by atoms with E-state index in [1.165, 1.54) is 21.9 Å². The van der Waals surface area contributed by atoms with Gasteiger partial charge in [-0.1, -0.05) is 0 Å². The number of aromatic nitrogens is 4. The molecule has 0 saturated heterocycles. The Morgan fingerprint density at radius 3 is 2.28 bits per heavy atom. The van der Waals surface area contributed by atoms with Crippen LogP contribution in [0.5, 0.6) is 0 Å². The van der Waals surface area contributed by atoms with Gasteiger partial charge in [-0.2, -0.15) is 10.2 Å². The summed E-state index contributed by atoms with van der Waals surface area (Å²) < 4.78 is 12.9. The third-order valence-electron chi connectivity index (χ3n) is 3.02. The fraction of sp³-hybridized carbons (Fsp3) is 0.400. The first-order valence-electron chi connectivity index (χ1n) is 7.66. The van der Waals surface area contributed by atoms with Crippen LogP contribution in [0, 0.1) is 0 Å². The number of hydrogen-bond donors (Lipinski definition) is 1. The molecule has 0 amide bonds. The third-order valence-corrected chi connectivity index (χ3v) is 3.02. The summed E-state index contributed by atoms with van der Waals surface area (Å²) in [5.74, 6) is -0.510. The molecule has 25 heavy (non-hydrogen) atoms. The van der Waals surface area contributed by atoms with Gasteiger partial charge in [0.2, 0.25) is 0 Å². The van der Waals surface area contributed by atoms with E-state index in [0.29, 0.717) is 5.82 Å². The second-order valence-electron chi connectivity index (χ2n) is 4.95. The van der Waals surface area contributed by atoms with Crippen molar-refractivity contribution in [1.29, 1.82) is 0 Å². The fourth-order valence-corrected chi connectivity index (χ4v) is 2.03. The van der Waals surface area contributed by atoms with Gasteiger partial charge in [-0.25, -0.2) is 14.6 Å². The van der Waals surface area contributed by atoms with Crippen LogP contribution in [-0.2, 0) is 23.6 Å². The minimum Gasteiger partial charge on any atom is -0.462 e. The lowest BCUT2D eigenvalue weighted by Crippen LogP contribution is -2.07. The molecular weight excluding hydrogens is 328 g/mol. The number of nitrogens with zero attached hydrogens (tertiary/aromatic N) is 5. The van der Waals surface area contributed by atoms with Gasteiger partial charge in [-0.05, 0) is 13.8 Å². The van der Waals surface area contributed by atoms with Crippen molar-refractivity contribution in [3.05, 3.63) is 23.5 Å². The van der Waals surface area contributed by atoms with Gasteiger partial charge in [-0.15, -0.1) is 0 Å². The maximum Gasteiger partial charge on any atom is 0.343 e. The van der Waals surface area contributed by atoms with E-state index >= 15 is 0 Å². The monoisotopic (exact) mass is 348 g/mol. The second-order valence-corrected chi connectivity index (χ2v) is 4.95. The average Bonchev–Trinajstić information content (AvgIpc) is 3.11. The number of esters is 2. The number of carbonyl (C=O) groups is 2. The fourth-order valence-electron chi connectivity index (χ4n) is 2.03. The minimum atomic E-state index is -0.507. The molecule has 0 unspecified atom stereocenters. The van der Waals surface area contributed by atoms with Gasteiger partial charge >= 0.3 is 11.9 Å². The number of carbonyl (C=O) groups excluding carboxylic acids is 2. The molecule has 2 heterocycles. The molecule has 1 N–H and O–H groups in total. The highest BCUT2D eigenvalue weighted by Crippen LogP contribution is 2.18. The summed E-state index contributed by atoms with van der Waals surface area (Å²) >= 11 is 0. The topological polar surface area (TPSA) is 113 Å². The van der Waals surface area contributed by atoms with Crippen LogP contribution in [0.1, 0.15) is 34.6 Å². The Kier molecular flexibility index (Phi) is 5.88. The highest BCUT2D eigenvalue weighted by Gasteiger charge is 2.17. The number of aliphatic imine (C=N–C) groups is 1. The second kappa shape index (κ2) is 8.08. The third kappa shape index (κ3) is 4.43. The molecule has 2 rings (SSSR count). The molecule has 2 aromatic rings. The van der Waals surface area contributed by atoms with E-state index in [9.17, 15) is 9.59 Å². The molecule has 2 aromatic heterocycles. The lowest BCUT2D eigenvalue weighted by atomic mass is 10.3. The molecule has 0 aliphatic rings. The van der Waals surface area contributed by atoms with Crippen LogP contribution in [0.2, 0.25) is 0 Å². The van der Waals surface area contributed by atoms with Crippen LogP contribution in [0.3, 0.4) is 0 Å². The maximum absolute atomic E-state index is 11.9. The van der Waals surface area contributed by atoms with Crippen LogP contribution in [0.4, 0.5) is 11.6 Å². The number of hydrogen-bond acceptors (Lipinski definition) is 7. The van der Waals surface area contributed by atoms with Crippen molar-refractivity contribution in [2.24, 2.45) is 19.1 Å². The van der Waals surface area contributed by atoms with E-state index in [2.05, 4.69) is 20.5 Å². The summed E-state index contributed by atoms with van der Waals surface area (Å²) in [6.07, 6.45) is 4.37. The van der Waals surface area contributed by atoms with Crippen molar-refractivity contribution in [1.82, 2.24) is 19.6 Å². The highest BCUT2D eigenvalue weighted by molar-refractivity contribution is 5.98. The molecule has 0 aromatic carbocycles. The van der Waals surface area contributed by atoms with Gasteiger partial charge in [0, 0.05) is 26.5 Å². The molecular formula is C15H20N6O4. The molecule has 134 valence electrons. The van der Waals surface area contributed by atoms with Crippen molar-refractivity contribution < 1.29 is 19.1 Å². The standard InChI is InChI=1S/C15H20N6O4/c1-5-24-14(22)10-7-20(3)18-12(10)16-9-17-13-11(8-21(4)19-13)15(23)25-6-2/h7-9H,5-6H2,1-4H3,(H,16,17,18,19). The first kappa shape index (κ1) is 18.2. The zero-order chi connectivity index (χ0) is 18.4. The molecule has 0 atom stereocenters. The molecule has 10 nitrogen and oxygen atoms in total. The van der Waals surface area contributed by atoms with E-state index in [1.54, 1.807) is 34.1 Å². The lowest BCUT2D eigenvalue weighted by molar-refractivity contribution is 0.0517. The maximum atomic E-state index is 11.9. The van der Waals surface area contributed by atoms with Crippen LogP contribution >= 0.6 is 0 Å². The Labute approximate surface area is 144 Å². The lowest BCUT2D eigenvalue weighted by Gasteiger charge is -2.01. The van der Waals surface area contributed by atoms with Gasteiger partial charge in [-0.3, -0.25) is 9.36 Å². The first-order valence-corrected chi connectivity index (χ1v) is 7.66. The Hall–Kier alpha value is -3.17. The van der Waals surface area contributed by atoms with Gasteiger partial charge in [0.1, 0.15) is 11.1 Å². The molecule has 0 radical (unpaired) electrons. The zero-order valence-corrected chi connectivity index (χ0v) is 14.5. The van der Waals surface area contributed by atoms with Crippen LogP contribution in [0.15, 0.2) is 17.4 Å². The minimum absolute atomic E-state index is 0.196. The van der Waals surface area contributed by atoms with Gasteiger partial charge < -0.3 is 14.8 Å². The van der Waals surface area contributed by atoms with Crippen molar-refractivity contribution in [2.75, 3.05) is 18.5 Å². The predicted octanol–water partition coefficient (Wildman–Crippen LogP) is 1.28. The van der Waals surface area contributed by atoms with Crippen molar-refractivity contribution >= 4 is 29.9 Å². The van der Waals surface area contributed by atoms with Gasteiger partial charge in [0.25, 0.3) is 0 Å². The summed E-state index contributed by atoms with van der Waals surface area (Å²) in [6, 6.07) is 0. The van der Waals surface area contributed by atoms with E-state index in [-0.39, 0.29) is 30.2 Å². The molecule has 0 aliphatic heterocycles. The van der Waals surface area contributed by atoms with E-state index < -0.39 is 11.9 Å². The molecule has 0 aliphatic carbocycles. The molecule has 0 fully saturated rings. The van der Waals surface area contributed by atoms with Crippen molar-refractivity contribution in [3.8, 4) is 0 Å². The number of anilines is 1. The molecule has 0 saturated carbocycles. The molecule has 0 bridgehead atoms. The normalized spacial score (nSPS) is 10.9. The smallest absolute Gasteiger partial charge is 0.343 e. The average molecular weight is 348 g/mol. The quantitative estimate of drug-likeness (QED) is 0.455. The van der Waals surface area contributed by atoms with Crippen molar-refractivity contribution in [3.63, 3.8) is 0 Å². The Balaban J connectivity index is 2.17.